The molecule has 0 aliphatic heterocycles. The van der Waals surface area contributed by atoms with E-state index in [9.17, 15) is 0 Å². The third kappa shape index (κ3) is 4.82. The van der Waals surface area contributed by atoms with Crippen molar-refractivity contribution in [2.24, 2.45) is 0 Å². The van der Waals surface area contributed by atoms with E-state index in [1.807, 2.05) is 12.1 Å². The molecule has 0 radical (unpaired) electrons. The molecule has 3 nitrogen and oxygen atoms in total. The van der Waals surface area contributed by atoms with Crippen LogP contribution in [0.4, 0.5) is 17.1 Å². The number of nitrogens with zero attached hydrogens (tertiary/aromatic N) is 2. The summed E-state index contributed by atoms with van der Waals surface area (Å²) in [6.45, 7) is 0. The van der Waals surface area contributed by atoms with Crippen molar-refractivity contribution in [3.8, 4) is 27.9 Å². The molecule has 0 aliphatic carbocycles. The third-order valence-electron chi connectivity index (χ3n) is 10.0. The summed E-state index contributed by atoms with van der Waals surface area (Å²) in [5.74, 6) is 0. The van der Waals surface area contributed by atoms with Crippen LogP contribution >= 0.6 is 0 Å². The maximum absolute atomic E-state index is 6.40. The van der Waals surface area contributed by atoms with Crippen LogP contribution in [0.3, 0.4) is 0 Å². The van der Waals surface area contributed by atoms with Gasteiger partial charge in [0.2, 0.25) is 0 Å². The molecule has 0 unspecified atom stereocenters. The molecular formula is C48H32N2O. The van der Waals surface area contributed by atoms with Gasteiger partial charge in [-0.3, -0.25) is 0 Å². The number of para-hydroxylation sites is 5. The van der Waals surface area contributed by atoms with E-state index in [4.69, 9.17) is 4.42 Å². The van der Waals surface area contributed by atoms with Gasteiger partial charge in [0.25, 0.3) is 0 Å². The van der Waals surface area contributed by atoms with Crippen LogP contribution in [0.25, 0.3) is 71.7 Å². The number of hydrogen-bond acceptors (Lipinski definition) is 2. The molecular weight excluding hydrogens is 621 g/mol. The Hall–Kier alpha value is -6.84. The Kier molecular flexibility index (Phi) is 6.81. The predicted octanol–water partition coefficient (Wildman–Crippen LogP) is 13.5. The van der Waals surface area contributed by atoms with Crippen molar-refractivity contribution in [3.05, 3.63) is 194 Å². The van der Waals surface area contributed by atoms with E-state index >= 15 is 0 Å². The first kappa shape index (κ1) is 29.1. The van der Waals surface area contributed by atoms with Gasteiger partial charge in [-0.05, 0) is 71.8 Å². The maximum Gasteiger partial charge on any atom is 0.143 e. The Morgan fingerprint density at radius 3 is 1.63 bits per heavy atom. The van der Waals surface area contributed by atoms with E-state index in [0.29, 0.717) is 0 Å². The molecule has 0 atom stereocenters. The number of anilines is 3. The summed E-state index contributed by atoms with van der Waals surface area (Å²) in [5, 5.41) is 4.79. The lowest BCUT2D eigenvalue weighted by Crippen LogP contribution is -2.11. The smallest absolute Gasteiger partial charge is 0.143 e. The highest BCUT2D eigenvalue weighted by molar-refractivity contribution is 6.10. The van der Waals surface area contributed by atoms with E-state index in [0.717, 1.165) is 55.8 Å². The summed E-state index contributed by atoms with van der Waals surface area (Å²) in [7, 11) is 0. The molecule has 0 saturated heterocycles. The normalized spacial score (nSPS) is 11.5. The SMILES string of the molecule is c1ccc(-c2ccccc2N(c2ccc(-c3cccc4c3oc3ccccc34)cc2)c2ccc(-n3c4ccccc4c4ccccc43)cc2)cc1. The lowest BCUT2D eigenvalue weighted by atomic mass is 10.00. The lowest BCUT2D eigenvalue weighted by Gasteiger charge is -2.28. The van der Waals surface area contributed by atoms with Crippen LogP contribution in [0.2, 0.25) is 0 Å². The van der Waals surface area contributed by atoms with Crippen LogP contribution in [-0.2, 0) is 0 Å². The Morgan fingerprint density at radius 1 is 0.373 bits per heavy atom. The average molecular weight is 653 g/mol. The zero-order valence-electron chi connectivity index (χ0n) is 27.8. The van der Waals surface area contributed by atoms with Gasteiger partial charge in [-0.2, -0.15) is 0 Å². The van der Waals surface area contributed by atoms with E-state index in [1.54, 1.807) is 0 Å². The minimum atomic E-state index is 0.907. The van der Waals surface area contributed by atoms with Crippen LogP contribution in [0.15, 0.2) is 199 Å². The molecule has 2 heterocycles. The molecule has 0 bridgehead atoms. The number of furan rings is 1. The van der Waals surface area contributed by atoms with Crippen molar-refractivity contribution in [3.63, 3.8) is 0 Å². The van der Waals surface area contributed by atoms with Gasteiger partial charge in [0.15, 0.2) is 0 Å². The minimum Gasteiger partial charge on any atom is -0.455 e. The van der Waals surface area contributed by atoms with Gasteiger partial charge in [-0.15, -0.1) is 0 Å². The molecule has 10 aromatic rings. The fourth-order valence-corrected chi connectivity index (χ4v) is 7.67. The van der Waals surface area contributed by atoms with Crippen LogP contribution in [0, 0.1) is 0 Å². The molecule has 3 heteroatoms. The average Bonchev–Trinajstić information content (AvgIpc) is 3.75. The second-order valence-corrected chi connectivity index (χ2v) is 12.9. The number of aromatic nitrogens is 1. The predicted molar refractivity (Wildman–Crippen MR) is 214 cm³/mol. The van der Waals surface area contributed by atoms with Crippen LogP contribution < -0.4 is 4.90 Å². The second kappa shape index (κ2) is 11.9. The highest BCUT2D eigenvalue weighted by Crippen LogP contribution is 2.43. The van der Waals surface area contributed by atoms with Crippen molar-refractivity contribution in [1.82, 2.24) is 4.57 Å². The summed E-state index contributed by atoms with van der Waals surface area (Å²) >= 11 is 0. The van der Waals surface area contributed by atoms with Gasteiger partial charge in [-0.1, -0.05) is 133 Å². The first-order chi connectivity index (χ1) is 25.3. The van der Waals surface area contributed by atoms with Crippen LogP contribution in [-0.4, -0.2) is 4.57 Å². The lowest BCUT2D eigenvalue weighted by molar-refractivity contribution is 0.670. The molecule has 240 valence electrons. The Labute approximate surface area is 295 Å². The Balaban J connectivity index is 1.11. The minimum absolute atomic E-state index is 0.907. The first-order valence-corrected chi connectivity index (χ1v) is 17.4. The summed E-state index contributed by atoms with van der Waals surface area (Å²) in [6.07, 6.45) is 0. The Morgan fingerprint density at radius 2 is 0.902 bits per heavy atom. The fraction of sp³-hybridized carbons (Fsp3) is 0. The monoisotopic (exact) mass is 652 g/mol. The van der Waals surface area contributed by atoms with Crippen molar-refractivity contribution in [1.29, 1.82) is 0 Å². The van der Waals surface area contributed by atoms with Gasteiger partial charge >= 0.3 is 0 Å². The topological polar surface area (TPSA) is 21.3 Å². The quantitative estimate of drug-likeness (QED) is 0.178. The van der Waals surface area contributed by atoms with Crippen molar-refractivity contribution >= 4 is 60.8 Å². The highest BCUT2D eigenvalue weighted by atomic mass is 16.3. The number of benzene rings is 8. The van der Waals surface area contributed by atoms with E-state index in [-0.39, 0.29) is 0 Å². The highest BCUT2D eigenvalue weighted by Gasteiger charge is 2.19. The zero-order valence-corrected chi connectivity index (χ0v) is 27.8. The largest absolute Gasteiger partial charge is 0.455 e. The first-order valence-electron chi connectivity index (χ1n) is 17.4. The van der Waals surface area contributed by atoms with Gasteiger partial charge in [0, 0.05) is 49.7 Å². The standard InChI is InChI=1S/C48H32N2O/c1-2-13-33(14-3-1)38-15-4-8-21-44(38)49(35-27-25-34(26-28-35)39-19-12-20-43-42-18-7-11-24-47(42)51-48(39)43)36-29-31-37(32-30-36)50-45-22-9-5-16-40(45)41-17-6-10-23-46(41)50/h1-32H. The maximum atomic E-state index is 6.40. The van der Waals surface area contributed by atoms with Crippen LogP contribution in [0.1, 0.15) is 0 Å². The van der Waals surface area contributed by atoms with E-state index in [1.165, 1.54) is 32.9 Å². The molecule has 0 N–H and O–H groups in total. The van der Waals surface area contributed by atoms with E-state index in [2.05, 4.69) is 191 Å². The molecule has 51 heavy (non-hydrogen) atoms. The van der Waals surface area contributed by atoms with Gasteiger partial charge < -0.3 is 13.9 Å². The summed E-state index contributed by atoms with van der Waals surface area (Å²) in [4.78, 5) is 2.36. The molecule has 0 fully saturated rings. The molecule has 0 saturated carbocycles. The molecule has 10 rings (SSSR count). The van der Waals surface area contributed by atoms with E-state index < -0.39 is 0 Å². The van der Waals surface area contributed by atoms with Crippen molar-refractivity contribution in [2.75, 3.05) is 4.90 Å². The fourth-order valence-electron chi connectivity index (χ4n) is 7.67. The van der Waals surface area contributed by atoms with Gasteiger partial charge in [-0.25, -0.2) is 0 Å². The number of hydrogen-bond donors (Lipinski definition) is 0. The van der Waals surface area contributed by atoms with Crippen molar-refractivity contribution < 1.29 is 4.42 Å². The summed E-state index contributed by atoms with van der Waals surface area (Å²) in [5.41, 5.74) is 13.2. The molecule has 8 aromatic carbocycles. The Bertz CT molecular complexity index is 2790. The zero-order chi connectivity index (χ0) is 33.7. The number of fused-ring (bicyclic) bond motifs is 6. The van der Waals surface area contributed by atoms with Crippen molar-refractivity contribution in [2.45, 2.75) is 0 Å². The number of rotatable bonds is 6. The molecule has 0 amide bonds. The third-order valence-corrected chi connectivity index (χ3v) is 10.0. The molecule has 0 spiro atoms. The van der Waals surface area contributed by atoms with Crippen LogP contribution in [0.5, 0.6) is 0 Å². The summed E-state index contributed by atoms with van der Waals surface area (Å²) < 4.78 is 8.77. The molecule has 2 aromatic heterocycles. The summed E-state index contributed by atoms with van der Waals surface area (Å²) in [6, 6.07) is 69.1. The molecule has 0 aliphatic rings. The second-order valence-electron chi connectivity index (χ2n) is 12.9. The van der Waals surface area contributed by atoms with Gasteiger partial charge in [0.1, 0.15) is 11.2 Å². The van der Waals surface area contributed by atoms with Gasteiger partial charge in [0.05, 0.1) is 16.7 Å².